The lowest BCUT2D eigenvalue weighted by Crippen LogP contribution is -2.32. The van der Waals surface area contributed by atoms with Gasteiger partial charge >= 0.3 is 0 Å². The third-order valence-corrected chi connectivity index (χ3v) is 0.801. The smallest absolute Gasteiger partial charge is 0.115 e. The van der Waals surface area contributed by atoms with E-state index in [0.29, 0.717) is 0 Å². The molecule has 0 aromatic rings. The summed E-state index contributed by atoms with van der Waals surface area (Å²) in [5.74, 6) is 0. The molecule has 0 aromatic carbocycles. The minimum Gasteiger partial charge on any atom is -0.395 e. The highest BCUT2D eigenvalue weighted by Gasteiger charge is 2.07. The van der Waals surface area contributed by atoms with Crippen LogP contribution in [0.3, 0.4) is 0 Å². The Morgan fingerprint density at radius 1 is 1.86 bits per heavy atom. The van der Waals surface area contributed by atoms with E-state index in [0.717, 1.165) is 0 Å². The first-order valence-electron chi connectivity index (χ1n) is 2.19. The molecule has 0 aliphatic carbocycles. The third-order valence-electron chi connectivity index (χ3n) is 0.801. The van der Waals surface area contributed by atoms with Crippen LogP contribution in [0.1, 0.15) is 6.92 Å². The number of hydrogen-bond donors (Lipinski definition) is 2. The highest BCUT2D eigenvalue weighted by molar-refractivity contribution is 4.64. The van der Waals surface area contributed by atoms with Crippen molar-refractivity contribution in [2.24, 2.45) is 5.73 Å². The zero-order valence-electron chi connectivity index (χ0n) is 4.26. The first kappa shape index (κ1) is 6.85. The van der Waals surface area contributed by atoms with Gasteiger partial charge < -0.3 is 10.8 Å². The summed E-state index contributed by atoms with van der Waals surface area (Å²) in [5.41, 5.74) is 4.99. The zero-order chi connectivity index (χ0) is 5.86. The van der Waals surface area contributed by atoms with Crippen LogP contribution in [-0.2, 0) is 0 Å². The summed E-state index contributed by atoms with van der Waals surface area (Å²) in [6.07, 6.45) is -1.11. The molecule has 0 bridgehead atoms. The van der Waals surface area contributed by atoms with E-state index in [-0.39, 0.29) is 6.61 Å². The quantitative estimate of drug-likeness (QED) is 0.507. The molecule has 0 spiro atoms. The predicted molar refractivity (Wildman–Crippen MR) is 25.6 cm³/mol. The highest BCUT2D eigenvalue weighted by atomic mass is 19.1. The molecule has 2 nitrogen and oxygen atoms in total. The Kier molecular flexibility index (Phi) is 2.87. The molecule has 0 saturated heterocycles. The van der Waals surface area contributed by atoms with Crippen LogP contribution < -0.4 is 5.73 Å². The van der Waals surface area contributed by atoms with Crippen LogP contribution in [0.25, 0.3) is 0 Å². The van der Waals surface area contributed by atoms with Crippen molar-refractivity contribution >= 4 is 0 Å². The average molecular weight is 107 g/mol. The Balaban J connectivity index is 3.14. The van der Waals surface area contributed by atoms with Crippen LogP contribution in [0.4, 0.5) is 4.39 Å². The number of alkyl halides is 1. The Labute approximate surface area is 42.1 Å². The van der Waals surface area contributed by atoms with Crippen LogP contribution in [0, 0.1) is 0 Å². The normalized spacial score (nSPS) is 18.9. The van der Waals surface area contributed by atoms with E-state index in [1.807, 2.05) is 0 Å². The number of aliphatic hydroxyl groups excluding tert-OH is 1. The van der Waals surface area contributed by atoms with E-state index < -0.39 is 12.2 Å². The second kappa shape index (κ2) is 2.93. The summed E-state index contributed by atoms with van der Waals surface area (Å²) in [7, 11) is 0. The predicted octanol–water partition coefficient (Wildman–Crippen LogP) is -0.336. The molecule has 3 heteroatoms. The van der Waals surface area contributed by atoms with Crippen molar-refractivity contribution in [3.05, 3.63) is 0 Å². The van der Waals surface area contributed by atoms with Gasteiger partial charge in [0.05, 0.1) is 12.6 Å². The van der Waals surface area contributed by atoms with Crippen molar-refractivity contribution < 1.29 is 9.50 Å². The Morgan fingerprint density at radius 2 is 2.29 bits per heavy atom. The summed E-state index contributed by atoms with van der Waals surface area (Å²) < 4.78 is 11.8. The van der Waals surface area contributed by atoms with Gasteiger partial charge in [0, 0.05) is 0 Å². The standard InChI is InChI=1S/C4H10FNO/c1-3(5)4(6)2-7/h3-4,7H,2,6H2,1H3. The molecule has 0 aromatic heterocycles. The molecule has 2 unspecified atom stereocenters. The van der Waals surface area contributed by atoms with Gasteiger partial charge in [-0.1, -0.05) is 0 Å². The molecule has 0 heterocycles. The average Bonchev–Trinajstić information content (AvgIpc) is 1.65. The van der Waals surface area contributed by atoms with Gasteiger partial charge in [-0.3, -0.25) is 0 Å². The summed E-state index contributed by atoms with van der Waals surface area (Å²) >= 11 is 0. The van der Waals surface area contributed by atoms with Gasteiger partial charge in [-0.25, -0.2) is 4.39 Å². The van der Waals surface area contributed by atoms with Gasteiger partial charge in [0.25, 0.3) is 0 Å². The molecular formula is C4H10FNO. The molecule has 0 fully saturated rings. The molecule has 0 saturated carbocycles. The van der Waals surface area contributed by atoms with Crippen molar-refractivity contribution in [2.45, 2.75) is 19.1 Å². The maximum absolute atomic E-state index is 11.8. The minimum absolute atomic E-state index is 0.280. The fraction of sp³-hybridized carbons (Fsp3) is 1.00. The maximum Gasteiger partial charge on any atom is 0.115 e. The van der Waals surface area contributed by atoms with Gasteiger partial charge in [0.2, 0.25) is 0 Å². The summed E-state index contributed by atoms with van der Waals surface area (Å²) in [6.45, 7) is 1.04. The van der Waals surface area contributed by atoms with Crippen LogP contribution in [0.5, 0.6) is 0 Å². The first-order chi connectivity index (χ1) is 3.18. The van der Waals surface area contributed by atoms with Crippen LogP contribution in [0.15, 0.2) is 0 Å². The summed E-state index contributed by atoms with van der Waals surface area (Å²) in [6, 6.07) is -0.708. The van der Waals surface area contributed by atoms with Gasteiger partial charge in [0.15, 0.2) is 0 Å². The van der Waals surface area contributed by atoms with E-state index in [1.165, 1.54) is 6.92 Å². The Bertz CT molecular complexity index is 49.0. The van der Waals surface area contributed by atoms with Gasteiger partial charge in [-0.05, 0) is 6.92 Å². The lowest BCUT2D eigenvalue weighted by atomic mass is 10.2. The first-order valence-corrected chi connectivity index (χ1v) is 2.19. The number of aliphatic hydroxyl groups is 1. The molecule has 0 rings (SSSR count). The lowest BCUT2D eigenvalue weighted by molar-refractivity contribution is 0.199. The molecular weight excluding hydrogens is 97.0 g/mol. The maximum atomic E-state index is 11.8. The number of hydrogen-bond acceptors (Lipinski definition) is 2. The summed E-state index contributed by atoms with van der Waals surface area (Å²) in [5, 5.41) is 8.14. The monoisotopic (exact) mass is 107 g/mol. The molecule has 0 amide bonds. The molecule has 3 N–H and O–H groups in total. The van der Waals surface area contributed by atoms with Gasteiger partial charge in [0.1, 0.15) is 6.17 Å². The Morgan fingerprint density at radius 3 is 2.29 bits per heavy atom. The van der Waals surface area contributed by atoms with Crippen molar-refractivity contribution in [1.82, 2.24) is 0 Å². The van der Waals surface area contributed by atoms with Crippen LogP contribution >= 0.6 is 0 Å². The molecule has 44 valence electrons. The second-order valence-electron chi connectivity index (χ2n) is 1.52. The highest BCUT2D eigenvalue weighted by Crippen LogP contribution is 1.90. The fourth-order valence-electron chi connectivity index (χ4n) is 0.145. The fourth-order valence-corrected chi connectivity index (χ4v) is 0.145. The zero-order valence-corrected chi connectivity index (χ0v) is 4.26. The lowest BCUT2D eigenvalue weighted by Gasteiger charge is -2.06. The van der Waals surface area contributed by atoms with Crippen LogP contribution in [0.2, 0.25) is 0 Å². The van der Waals surface area contributed by atoms with Gasteiger partial charge in [-0.15, -0.1) is 0 Å². The number of rotatable bonds is 2. The molecule has 0 aliphatic heterocycles. The van der Waals surface area contributed by atoms with Crippen molar-refractivity contribution in [3.8, 4) is 0 Å². The minimum atomic E-state index is -1.11. The molecule has 7 heavy (non-hydrogen) atoms. The van der Waals surface area contributed by atoms with Crippen LogP contribution in [-0.4, -0.2) is 23.9 Å². The second-order valence-corrected chi connectivity index (χ2v) is 1.52. The number of nitrogens with two attached hydrogens (primary N) is 1. The summed E-state index contributed by atoms with van der Waals surface area (Å²) in [4.78, 5) is 0. The van der Waals surface area contributed by atoms with E-state index in [1.54, 1.807) is 0 Å². The van der Waals surface area contributed by atoms with E-state index >= 15 is 0 Å². The van der Waals surface area contributed by atoms with E-state index in [9.17, 15) is 4.39 Å². The topological polar surface area (TPSA) is 46.2 Å². The third kappa shape index (κ3) is 2.53. The molecule has 0 aliphatic rings. The largest absolute Gasteiger partial charge is 0.395 e. The van der Waals surface area contributed by atoms with Crippen molar-refractivity contribution in [2.75, 3.05) is 6.61 Å². The van der Waals surface area contributed by atoms with E-state index in [4.69, 9.17) is 10.8 Å². The van der Waals surface area contributed by atoms with Crippen molar-refractivity contribution in [1.29, 1.82) is 0 Å². The molecule has 2 atom stereocenters. The van der Waals surface area contributed by atoms with Crippen molar-refractivity contribution in [3.63, 3.8) is 0 Å². The number of halogens is 1. The molecule has 0 radical (unpaired) electrons. The Hall–Kier alpha value is -0.150. The van der Waals surface area contributed by atoms with Gasteiger partial charge in [-0.2, -0.15) is 0 Å². The van der Waals surface area contributed by atoms with E-state index in [2.05, 4.69) is 0 Å². The SMILES string of the molecule is CC(F)C(N)CO.